The van der Waals surface area contributed by atoms with Gasteiger partial charge in [0.1, 0.15) is 73.2 Å². The summed E-state index contributed by atoms with van der Waals surface area (Å²) >= 11 is 0. The molecule has 688 valence electrons. The van der Waals surface area contributed by atoms with Crippen LogP contribution in [-0.2, 0) is 33.2 Å². The van der Waals surface area contributed by atoms with Gasteiger partial charge in [-0.15, -0.1) is 0 Å². The van der Waals surface area contributed by atoms with Gasteiger partial charge in [0.2, 0.25) is 5.91 Å². The van der Waals surface area contributed by atoms with Crippen molar-refractivity contribution in [3.63, 3.8) is 0 Å². The number of rotatable bonds is 80. The molecular formula is C99H179NO18. The molecule has 3 fully saturated rings. The summed E-state index contributed by atoms with van der Waals surface area (Å²) in [6.07, 6.45) is 80.5. The highest BCUT2D eigenvalue weighted by Gasteiger charge is 2.54. The largest absolute Gasteiger partial charge is 0.394 e. The van der Waals surface area contributed by atoms with Crippen molar-refractivity contribution >= 4 is 5.91 Å². The molecule has 1 amide bonds. The number of allylic oxidation sites excluding steroid dienone is 13. The number of hydrogen-bond donors (Lipinski definition) is 12. The van der Waals surface area contributed by atoms with Crippen molar-refractivity contribution in [1.82, 2.24) is 5.32 Å². The second-order valence-electron chi connectivity index (χ2n) is 34.5. The van der Waals surface area contributed by atoms with Gasteiger partial charge in [0, 0.05) is 6.42 Å². The van der Waals surface area contributed by atoms with Crippen LogP contribution < -0.4 is 5.32 Å². The number of aliphatic hydroxyl groups excluding tert-OH is 11. The zero-order chi connectivity index (χ0) is 85.2. The first kappa shape index (κ1) is 109. The van der Waals surface area contributed by atoms with E-state index < -0.39 is 124 Å². The first-order valence-corrected chi connectivity index (χ1v) is 48.8. The summed E-state index contributed by atoms with van der Waals surface area (Å²) in [5, 5.41) is 121. The van der Waals surface area contributed by atoms with Crippen molar-refractivity contribution in [3.05, 3.63) is 85.1 Å². The molecule has 0 bridgehead atoms. The van der Waals surface area contributed by atoms with Gasteiger partial charge >= 0.3 is 0 Å². The summed E-state index contributed by atoms with van der Waals surface area (Å²) in [6.45, 7) is 1.67. The first-order valence-electron chi connectivity index (χ1n) is 48.8. The number of nitrogens with one attached hydrogen (secondary N) is 1. The highest BCUT2D eigenvalue weighted by molar-refractivity contribution is 5.76. The van der Waals surface area contributed by atoms with Gasteiger partial charge < -0.3 is 89.9 Å². The van der Waals surface area contributed by atoms with Gasteiger partial charge in [-0.05, 0) is 77.0 Å². The van der Waals surface area contributed by atoms with Crippen LogP contribution in [-0.4, -0.2) is 193 Å². The molecule has 0 aliphatic carbocycles. The Morgan fingerprint density at radius 1 is 0.314 bits per heavy atom. The molecule has 3 aliphatic rings. The van der Waals surface area contributed by atoms with E-state index in [1.807, 2.05) is 6.08 Å². The van der Waals surface area contributed by atoms with E-state index in [2.05, 4.69) is 92.1 Å². The van der Waals surface area contributed by atoms with Crippen LogP contribution >= 0.6 is 0 Å². The molecule has 0 radical (unpaired) electrons. The molecule has 17 atom stereocenters. The number of unbranched alkanes of at least 4 members (excludes halogenated alkanes) is 52. The van der Waals surface area contributed by atoms with Crippen molar-refractivity contribution < 1.29 is 89.4 Å². The maximum atomic E-state index is 13.5. The standard InChI is InChI=1S/C99H179NO18/c1-3-5-7-9-11-13-15-17-19-21-23-25-27-29-31-33-35-37-38-39-40-41-42-43-44-45-47-49-51-53-55-57-59-61-63-65-67-69-71-73-75-77-87(105)100-82(83(104)76-74-72-70-68-66-64-62-60-58-56-54-52-50-48-46-36-34-32-30-28-26-24-22-20-18-16-14-12-10-8-6-4-2)81-113-97-93(111)90(108)95(85(79-102)115-97)118-99-94(112)91(109)96(86(80-103)116-99)117-98-92(110)89(107)88(106)84(78-101)114-98/h5,7,11,13,17,19,23,25,29,31,66,68,74,76,82-86,88-99,101-104,106-112H,3-4,6,8-10,12,14-16,18,20-22,24,26-28,30,32-65,67,69-73,75,77-81H2,1-2H3,(H,100,105)/b7-5-,13-11-,19-17-,25-23-,31-29-,68-66+,76-74+. The van der Waals surface area contributed by atoms with E-state index in [4.69, 9.17) is 28.4 Å². The molecule has 19 nitrogen and oxygen atoms in total. The number of carbonyl (C=O) groups is 1. The van der Waals surface area contributed by atoms with Crippen LogP contribution in [0.2, 0.25) is 0 Å². The van der Waals surface area contributed by atoms with Crippen LogP contribution in [0.15, 0.2) is 85.1 Å². The Labute approximate surface area is 718 Å². The Hall–Kier alpha value is -3.03. The third-order valence-electron chi connectivity index (χ3n) is 23.9. The minimum absolute atomic E-state index is 0.237. The molecule has 3 heterocycles. The maximum absolute atomic E-state index is 13.5. The Morgan fingerprint density at radius 2 is 0.593 bits per heavy atom. The number of aliphatic hydroxyl groups is 11. The average Bonchev–Trinajstić information content (AvgIpc) is 0.777. The van der Waals surface area contributed by atoms with E-state index in [9.17, 15) is 61.0 Å². The van der Waals surface area contributed by atoms with Crippen LogP contribution in [0, 0.1) is 0 Å². The molecule has 3 rings (SSSR count). The lowest BCUT2D eigenvalue weighted by molar-refractivity contribution is -0.379. The minimum Gasteiger partial charge on any atom is -0.394 e. The van der Waals surface area contributed by atoms with E-state index in [1.54, 1.807) is 6.08 Å². The molecule has 0 spiro atoms. The number of hydrogen-bond acceptors (Lipinski definition) is 18. The predicted molar refractivity (Wildman–Crippen MR) is 480 cm³/mol. The third-order valence-corrected chi connectivity index (χ3v) is 23.9. The summed E-state index contributed by atoms with van der Waals surface area (Å²) in [4.78, 5) is 13.5. The molecular weight excluding hydrogens is 1490 g/mol. The smallest absolute Gasteiger partial charge is 0.220 e. The highest BCUT2D eigenvalue weighted by Crippen LogP contribution is 2.34. The van der Waals surface area contributed by atoms with Gasteiger partial charge in [-0.3, -0.25) is 4.79 Å². The first-order chi connectivity index (χ1) is 57.8. The number of carbonyl (C=O) groups excluding carboxylic acids is 1. The summed E-state index contributed by atoms with van der Waals surface area (Å²) in [5.41, 5.74) is 0. The fourth-order valence-electron chi connectivity index (χ4n) is 16.2. The second kappa shape index (κ2) is 77.5. The van der Waals surface area contributed by atoms with Crippen molar-refractivity contribution in [2.24, 2.45) is 0 Å². The predicted octanol–water partition coefficient (Wildman–Crippen LogP) is 20.0. The normalized spacial score (nSPS) is 24.6. The second-order valence-corrected chi connectivity index (χ2v) is 34.5. The number of amides is 1. The Morgan fingerprint density at radius 3 is 0.949 bits per heavy atom. The van der Waals surface area contributed by atoms with Crippen molar-refractivity contribution in [2.45, 2.75) is 510 Å². The van der Waals surface area contributed by atoms with E-state index in [0.29, 0.717) is 12.8 Å². The Bertz CT molecular complexity index is 2460. The minimum atomic E-state index is -1.98. The third kappa shape index (κ3) is 54.7. The van der Waals surface area contributed by atoms with Gasteiger partial charge in [0.15, 0.2) is 18.9 Å². The molecule has 3 aliphatic heterocycles. The lowest BCUT2D eigenvalue weighted by atomic mass is 9.96. The fraction of sp³-hybridized carbons (Fsp3) is 0.848. The summed E-state index contributed by atoms with van der Waals surface area (Å²) in [6, 6.07) is -0.994. The molecule has 0 aromatic heterocycles. The summed E-state index contributed by atoms with van der Waals surface area (Å²) in [7, 11) is 0. The van der Waals surface area contributed by atoms with Crippen molar-refractivity contribution in [3.8, 4) is 0 Å². The van der Waals surface area contributed by atoms with E-state index in [0.717, 1.165) is 70.6 Å². The average molecular weight is 1670 g/mol. The SMILES string of the molecule is CC/C=C\C/C=C\C/C=C\C/C=C\C/C=C\CCCCCCCCCCCCCCCCCCCCCCCCCCCC(=O)NC(COC1OC(CO)C(OC2OC(CO)C(OC3OC(CO)C(O)C(O)C3O)C(O)C2O)C(O)C1O)C(O)/C=C/CC/C=C/CCCCCCCCCCCCCCCCCCCCCCCCCCCC. The van der Waals surface area contributed by atoms with Crippen molar-refractivity contribution in [1.29, 1.82) is 0 Å². The zero-order valence-corrected chi connectivity index (χ0v) is 74.6. The lowest BCUT2D eigenvalue weighted by Crippen LogP contribution is -2.66. The van der Waals surface area contributed by atoms with E-state index in [1.165, 1.54) is 302 Å². The molecule has 12 N–H and O–H groups in total. The van der Waals surface area contributed by atoms with Gasteiger partial charge in [0.25, 0.3) is 0 Å². The van der Waals surface area contributed by atoms with Crippen LogP contribution in [0.3, 0.4) is 0 Å². The topological polar surface area (TPSA) is 307 Å². The molecule has 0 aromatic carbocycles. The van der Waals surface area contributed by atoms with Crippen molar-refractivity contribution in [2.75, 3.05) is 26.4 Å². The van der Waals surface area contributed by atoms with Crippen LogP contribution in [0.5, 0.6) is 0 Å². The lowest BCUT2D eigenvalue weighted by Gasteiger charge is -2.48. The monoisotopic (exact) mass is 1670 g/mol. The Balaban J connectivity index is 1.29. The maximum Gasteiger partial charge on any atom is 0.220 e. The zero-order valence-electron chi connectivity index (χ0n) is 74.6. The molecule has 0 saturated carbocycles. The molecule has 17 unspecified atom stereocenters. The summed E-state index contributed by atoms with van der Waals surface area (Å²) in [5.74, 6) is -0.278. The summed E-state index contributed by atoms with van der Waals surface area (Å²) < 4.78 is 34.6. The van der Waals surface area contributed by atoms with Crippen LogP contribution in [0.1, 0.15) is 406 Å². The van der Waals surface area contributed by atoms with E-state index in [-0.39, 0.29) is 18.9 Å². The van der Waals surface area contributed by atoms with Gasteiger partial charge in [-0.25, -0.2) is 0 Å². The Kier molecular flexibility index (Phi) is 71.7. The van der Waals surface area contributed by atoms with Gasteiger partial charge in [-0.1, -0.05) is 407 Å². The highest BCUT2D eigenvalue weighted by atomic mass is 16.8. The molecule has 118 heavy (non-hydrogen) atoms. The van der Waals surface area contributed by atoms with E-state index >= 15 is 0 Å². The quantitative estimate of drug-likeness (QED) is 0.0199. The molecule has 0 aromatic rings. The van der Waals surface area contributed by atoms with Crippen LogP contribution in [0.4, 0.5) is 0 Å². The molecule has 3 saturated heterocycles. The fourth-order valence-corrected chi connectivity index (χ4v) is 16.2. The molecule has 19 heteroatoms. The van der Waals surface area contributed by atoms with Crippen LogP contribution in [0.25, 0.3) is 0 Å². The van der Waals surface area contributed by atoms with Gasteiger partial charge in [-0.2, -0.15) is 0 Å². The van der Waals surface area contributed by atoms with Gasteiger partial charge in [0.05, 0.1) is 38.6 Å². The number of ether oxygens (including phenoxy) is 6.